The van der Waals surface area contributed by atoms with E-state index in [4.69, 9.17) is 4.74 Å². The molecule has 0 aliphatic rings. The van der Waals surface area contributed by atoms with Gasteiger partial charge in [0.1, 0.15) is 23.2 Å². The molecule has 2 rings (SSSR count). The summed E-state index contributed by atoms with van der Waals surface area (Å²) in [6.45, 7) is 0. The van der Waals surface area contributed by atoms with Crippen molar-refractivity contribution in [3.8, 4) is 5.75 Å². The number of Topliss-reactive ketones (excluding diaryl/α,β-unsaturated/α-hetero) is 1. The third kappa shape index (κ3) is 3.88. The molecule has 0 aromatic heterocycles. The van der Waals surface area contributed by atoms with Crippen LogP contribution in [0.1, 0.15) is 11.1 Å². The van der Waals surface area contributed by atoms with Gasteiger partial charge in [0.25, 0.3) is 0 Å². The van der Waals surface area contributed by atoms with Crippen LogP contribution in [0.15, 0.2) is 42.5 Å². The van der Waals surface area contributed by atoms with Crippen molar-refractivity contribution in [1.29, 1.82) is 0 Å². The van der Waals surface area contributed by atoms with Crippen molar-refractivity contribution >= 4 is 5.78 Å². The van der Waals surface area contributed by atoms with Crippen LogP contribution < -0.4 is 4.74 Å². The molecular formula is C16H14F2O2. The lowest BCUT2D eigenvalue weighted by molar-refractivity contribution is -0.117. The fourth-order valence-corrected chi connectivity index (χ4v) is 1.97. The normalized spacial score (nSPS) is 10.3. The van der Waals surface area contributed by atoms with Crippen molar-refractivity contribution in [1.82, 2.24) is 0 Å². The molecule has 104 valence electrons. The highest BCUT2D eigenvalue weighted by Gasteiger charge is 2.08. The number of methoxy groups -OCH3 is 1. The lowest BCUT2D eigenvalue weighted by atomic mass is 10.0. The Labute approximate surface area is 116 Å². The number of ether oxygens (including phenoxy) is 1. The Morgan fingerprint density at radius 3 is 2.05 bits per heavy atom. The Morgan fingerprint density at radius 2 is 1.50 bits per heavy atom. The summed E-state index contributed by atoms with van der Waals surface area (Å²) >= 11 is 0. The van der Waals surface area contributed by atoms with E-state index in [2.05, 4.69) is 0 Å². The number of carbonyl (C=O) groups is 1. The molecule has 0 aliphatic heterocycles. The lowest BCUT2D eigenvalue weighted by Crippen LogP contribution is -2.07. The minimum Gasteiger partial charge on any atom is -0.497 e. The Kier molecular flexibility index (Phi) is 4.45. The fourth-order valence-electron chi connectivity index (χ4n) is 1.97. The summed E-state index contributed by atoms with van der Waals surface area (Å²) in [7, 11) is 1.57. The molecule has 2 aromatic rings. The Balaban J connectivity index is 2.01. The molecular weight excluding hydrogens is 262 g/mol. The van der Waals surface area contributed by atoms with Gasteiger partial charge in [0.2, 0.25) is 0 Å². The quantitative estimate of drug-likeness (QED) is 0.837. The van der Waals surface area contributed by atoms with Crippen LogP contribution in [0.2, 0.25) is 0 Å². The maximum absolute atomic E-state index is 13.0. The fraction of sp³-hybridized carbons (Fsp3) is 0.188. The van der Waals surface area contributed by atoms with E-state index in [1.165, 1.54) is 12.1 Å². The summed E-state index contributed by atoms with van der Waals surface area (Å²) in [6, 6.07) is 10.3. The van der Waals surface area contributed by atoms with Crippen LogP contribution >= 0.6 is 0 Å². The summed E-state index contributed by atoms with van der Waals surface area (Å²) in [5.41, 5.74) is 1.19. The van der Waals surface area contributed by atoms with Crippen LogP contribution in [-0.4, -0.2) is 12.9 Å². The molecule has 0 heterocycles. The molecule has 0 radical (unpaired) electrons. The third-order valence-corrected chi connectivity index (χ3v) is 2.88. The van der Waals surface area contributed by atoms with E-state index < -0.39 is 11.6 Å². The van der Waals surface area contributed by atoms with Crippen LogP contribution in [0.5, 0.6) is 5.75 Å². The first-order chi connectivity index (χ1) is 9.56. The maximum Gasteiger partial charge on any atom is 0.141 e. The van der Waals surface area contributed by atoms with E-state index in [1.807, 2.05) is 0 Å². The highest BCUT2D eigenvalue weighted by molar-refractivity contribution is 5.83. The molecule has 4 heteroatoms. The monoisotopic (exact) mass is 276 g/mol. The molecule has 2 aromatic carbocycles. The second-order valence-corrected chi connectivity index (χ2v) is 4.52. The molecule has 0 aliphatic carbocycles. The van der Waals surface area contributed by atoms with Gasteiger partial charge in [-0.25, -0.2) is 8.78 Å². The molecule has 0 N–H and O–H groups in total. The topological polar surface area (TPSA) is 26.3 Å². The minimum absolute atomic E-state index is 0.0146. The Bertz CT molecular complexity index is 586. The van der Waals surface area contributed by atoms with Crippen LogP contribution in [-0.2, 0) is 17.6 Å². The predicted octanol–water partition coefficient (Wildman–Crippen LogP) is 3.33. The Hall–Kier alpha value is -2.23. The molecule has 0 saturated carbocycles. The average Bonchev–Trinajstić information content (AvgIpc) is 2.38. The summed E-state index contributed by atoms with van der Waals surface area (Å²) in [5, 5.41) is 0. The smallest absolute Gasteiger partial charge is 0.141 e. The van der Waals surface area contributed by atoms with Gasteiger partial charge in [-0.15, -0.1) is 0 Å². The van der Waals surface area contributed by atoms with Crippen molar-refractivity contribution in [2.45, 2.75) is 12.8 Å². The average molecular weight is 276 g/mol. The van der Waals surface area contributed by atoms with Gasteiger partial charge in [-0.05, 0) is 35.4 Å². The maximum atomic E-state index is 13.0. The molecule has 0 spiro atoms. The van der Waals surface area contributed by atoms with Crippen molar-refractivity contribution in [3.05, 3.63) is 65.2 Å². The van der Waals surface area contributed by atoms with Gasteiger partial charge in [0, 0.05) is 18.9 Å². The molecule has 0 amide bonds. The van der Waals surface area contributed by atoms with Gasteiger partial charge in [0.05, 0.1) is 7.11 Å². The third-order valence-electron chi connectivity index (χ3n) is 2.88. The van der Waals surface area contributed by atoms with Crippen LogP contribution in [0.3, 0.4) is 0 Å². The first-order valence-corrected chi connectivity index (χ1v) is 6.16. The van der Waals surface area contributed by atoms with Gasteiger partial charge in [-0.3, -0.25) is 4.79 Å². The minimum atomic E-state index is -0.669. The molecule has 0 saturated heterocycles. The predicted molar refractivity (Wildman–Crippen MR) is 71.8 cm³/mol. The number of hydrogen-bond acceptors (Lipinski definition) is 2. The van der Waals surface area contributed by atoms with E-state index in [9.17, 15) is 13.6 Å². The summed E-state index contributed by atoms with van der Waals surface area (Å²) in [6.07, 6.45) is 0.239. The second kappa shape index (κ2) is 6.28. The van der Waals surface area contributed by atoms with E-state index in [1.54, 1.807) is 31.4 Å². The number of carbonyl (C=O) groups excluding carboxylic acids is 1. The van der Waals surface area contributed by atoms with Gasteiger partial charge in [0.15, 0.2) is 0 Å². The van der Waals surface area contributed by atoms with E-state index in [-0.39, 0.29) is 18.6 Å². The van der Waals surface area contributed by atoms with E-state index in [0.29, 0.717) is 11.3 Å². The van der Waals surface area contributed by atoms with Gasteiger partial charge >= 0.3 is 0 Å². The molecule has 0 bridgehead atoms. The number of halogens is 2. The standard InChI is InChI=1S/C16H14F2O2/c1-20-16-4-2-11(3-5-16)8-15(19)9-12-6-13(17)10-14(18)7-12/h2-7,10H,8-9H2,1H3. The van der Waals surface area contributed by atoms with E-state index >= 15 is 0 Å². The SMILES string of the molecule is COc1ccc(CC(=O)Cc2cc(F)cc(F)c2)cc1. The van der Waals surface area contributed by atoms with Crippen molar-refractivity contribution < 1.29 is 18.3 Å². The first-order valence-electron chi connectivity index (χ1n) is 6.16. The Morgan fingerprint density at radius 1 is 0.950 bits per heavy atom. The summed E-state index contributed by atoms with van der Waals surface area (Å²) in [4.78, 5) is 11.9. The van der Waals surface area contributed by atoms with Gasteiger partial charge in [-0.1, -0.05) is 12.1 Å². The van der Waals surface area contributed by atoms with Gasteiger partial charge in [-0.2, -0.15) is 0 Å². The highest BCUT2D eigenvalue weighted by atomic mass is 19.1. The highest BCUT2D eigenvalue weighted by Crippen LogP contribution is 2.14. The lowest BCUT2D eigenvalue weighted by Gasteiger charge is -2.04. The van der Waals surface area contributed by atoms with E-state index in [0.717, 1.165) is 11.6 Å². The molecule has 0 fully saturated rings. The molecule has 2 nitrogen and oxygen atoms in total. The molecule has 0 atom stereocenters. The van der Waals surface area contributed by atoms with Crippen molar-refractivity contribution in [2.24, 2.45) is 0 Å². The van der Waals surface area contributed by atoms with Crippen LogP contribution in [0, 0.1) is 11.6 Å². The number of hydrogen-bond donors (Lipinski definition) is 0. The first kappa shape index (κ1) is 14.2. The van der Waals surface area contributed by atoms with Crippen molar-refractivity contribution in [3.63, 3.8) is 0 Å². The zero-order valence-corrected chi connectivity index (χ0v) is 11.0. The zero-order chi connectivity index (χ0) is 14.5. The largest absolute Gasteiger partial charge is 0.497 e. The van der Waals surface area contributed by atoms with Crippen molar-refractivity contribution in [2.75, 3.05) is 7.11 Å². The summed E-state index contributed by atoms with van der Waals surface area (Å²) < 4.78 is 31.1. The second-order valence-electron chi connectivity index (χ2n) is 4.52. The van der Waals surface area contributed by atoms with Crippen LogP contribution in [0.4, 0.5) is 8.78 Å². The number of rotatable bonds is 5. The van der Waals surface area contributed by atoms with Crippen LogP contribution in [0.25, 0.3) is 0 Å². The zero-order valence-electron chi connectivity index (χ0n) is 11.0. The van der Waals surface area contributed by atoms with Gasteiger partial charge < -0.3 is 4.74 Å². The molecule has 20 heavy (non-hydrogen) atoms. The number of benzene rings is 2. The summed E-state index contributed by atoms with van der Waals surface area (Å²) in [5.74, 6) is -0.719. The molecule has 0 unspecified atom stereocenters. The number of ketones is 1.